The van der Waals surface area contributed by atoms with E-state index in [0.717, 1.165) is 13.0 Å². The largest absolute Gasteiger partial charge is 0.385 e. The number of methoxy groups -OCH3 is 1. The summed E-state index contributed by atoms with van der Waals surface area (Å²) in [4.78, 5) is 11.2. The van der Waals surface area contributed by atoms with Crippen molar-refractivity contribution in [3.05, 3.63) is 0 Å². The van der Waals surface area contributed by atoms with Crippen molar-refractivity contribution < 1.29 is 9.53 Å². The Labute approximate surface area is 71.9 Å². The van der Waals surface area contributed by atoms with E-state index in [-0.39, 0.29) is 5.91 Å². The molecule has 0 aliphatic carbocycles. The Morgan fingerprint density at radius 3 is 3.00 bits per heavy atom. The molecular weight excluding hydrogens is 162 g/mol. The third kappa shape index (κ3) is 1.87. The normalized spacial score (nSPS) is 30.5. The number of ether oxygens (including phenoxy) is 1. The minimum Gasteiger partial charge on any atom is -0.385 e. The number of carbonyl (C=O) groups excluding carboxylic acids is 1. The van der Waals surface area contributed by atoms with Crippen LogP contribution in [0, 0.1) is 0 Å². The average Bonchev–Trinajstić information content (AvgIpc) is 2.30. The van der Waals surface area contributed by atoms with Crippen LogP contribution in [0.3, 0.4) is 0 Å². The molecule has 0 bridgehead atoms. The van der Waals surface area contributed by atoms with Crippen molar-refractivity contribution in [2.24, 2.45) is 0 Å². The topological polar surface area (TPSA) is 38.3 Å². The summed E-state index contributed by atoms with van der Waals surface area (Å²) in [5.74, 6) is 0.0397. The summed E-state index contributed by atoms with van der Waals surface area (Å²) >= 11 is 4.32. The molecule has 64 valence electrons. The first-order valence-corrected chi connectivity index (χ1v) is 4.13. The first-order valence-electron chi connectivity index (χ1n) is 3.69. The van der Waals surface area contributed by atoms with Gasteiger partial charge in [-0.15, -0.1) is 0 Å². The van der Waals surface area contributed by atoms with E-state index in [0.29, 0.717) is 13.0 Å². The van der Waals surface area contributed by atoms with Crippen molar-refractivity contribution in [3.63, 3.8) is 0 Å². The molecule has 1 atom stereocenters. The van der Waals surface area contributed by atoms with Crippen LogP contribution in [0.25, 0.3) is 0 Å². The minimum absolute atomic E-state index is 0.0397. The fourth-order valence-corrected chi connectivity index (χ4v) is 1.45. The Kier molecular flexibility index (Phi) is 2.78. The molecule has 1 N–H and O–H groups in total. The van der Waals surface area contributed by atoms with Gasteiger partial charge < -0.3 is 10.1 Å². The molecule has 1 heterocycles. The third-order valence-electron chi connectivity index (χ3n) is 1.97. The van der Waals surface area contributed by atoms with Crippen molar-refractivity contribution in [2.45, 2.75) is 17.6 Å². The lowest BCUT2D eigenvalue weighted by Gasteiger charge is -2.17. The first-order chi connectivity index (χ1) is 5.19. The van der Waals surface area contributed by atoms with E-state index in [4.69, 9.17) is 4.74 Å². The van der Waals surface area contributed by atoms with E-state index in [2.05, 4.69) is 17.9 Å². The molecule has 0 spiro atoms. The zero-order valence-corrected chi connectivity index (χ0v) is 7.49. The van der Waals surface area contributed by atoms with Crippen molar-refractivity contribution >= 4 is 18.5 Å². The second kappa shape index (κ2) is 3.45. The van der Waals surface area contributed by atoms with Gasteiger partial charge in [0, 0.05) is 20.3 Å². The fourth-order valence-electron chi connectivity index (χ4n) is 1.17. The SMILES string of the molecule is COCCC1(S)CCNC1=O. The van der Waals surface area contributed by atoms with E-state index in [9.17, 15) is 4.79 Å². The van der Waals surface area contributed by atoms with Crippen LogP contribution in [0.1, 0.15) is 12.8 Å². The maximum Gasteiger partial charge on any atom is 0.236 e. The quantitative estimate of drug-likeness (QED) is 0.602. The zero-order chi connectivity index (χ0) is 8.32. The number of thiol groups is 1. The van der Waals surface area contributed by atoms with Crippen LogP contribution in [-0.2, 0) is 9.53 Å². The second-order valence-electron chi connectivity index (χ2n) is 2.78. The number of hydrogen-bond acceptors (Lipinski definition) is 3. The number of carbonyl (C=O) groups is 1. The molecule has 0 aromatic carbocycles. The molecule has 0 saturated carbocycles. The molecule has 1 unspecified atom stereocenters. The summed E-state index contributed by atoms with van der Waals surface area (Å²) in [5.41, 5.74) is 0. The van der Waals surface area contributed by atoms with Crippen LogP contribution >= 0.6 is 12.6 Å². The molecule has 1 aliphatic rings. The summed E-state index contributed by atoms with van der Waals surface area (Å²) < 4.78 is 4.41. The lowest BCUT2D eigenvalue weighted by atomic mass is 10.0. The lowest BCUT2D eigenvalue weighted by molar-refractivity contribution is -0.121. The van der Waals surface area contributed by atoms with Crippen LogP contribution in [0.2, 0.25) is 0 Å². The van der Waals surface area contributed by atoms with E-state index in [1.54, 1.807) is 7.11 Å². The van der Waals surface area contributed by atoms with E-state index in [1.807, 2.05) is 0 Å². The minimum atomic E-state index is -0.476. The standard InChI is InChI=1S/C7H13NO2S/c1-10-5-3-7(11)2-4-8-6(7)9/h11H,2-5H2,1H3,(H,8,9). The van der Waals surface area contributed by atoms with Crippen LogP contribution < -0.4 is 5.32 Å². The van der Waals surface area contributed by atoms with Crippen molar-refractivity contribution in [2.75, 3.05) is 20.3 Å². The van der Waals surface area contributed by atoms with Gasteiger partial charge in [-0.25, -0.2) is 0 Å². The van der Waals surface area contributed by atoms with Gasteiger partial charge in [0.1, 0.15) is 0 Å². The summed E-state index contributed by atoms with van der Waals surface area (Å²) in [6.07, 6.45) is 1.50. The summed E-state index contributed by atoms with van der Waals surface area (Å²) in [6.45, 7) is 1.34. The molecule has 1 rings (SSSR count). The molecule has 1 fully saturated rings. The van der Waals surface area contributed by atoms with Crippen LogP contribution in [-0.4, -0.2) is 30.9 Å². The maximum atomic E-state index is 11.2. The molecule has 11 heavy (non-hydrogen) atoms. The zero-order valence-electron chi connectivity index (χ0n) is 6.59. The Morgan fingerprint density at radius 2 is 2.55 bits per heavy atom. The highest BCUT2D eigenvalue weighted by Crippen LogP contribution is 2.27. The summed E-state index contributed by atoms with van der Waals surface area (Å²) in [7, 11) is 1.63. The second-order valence-corrected chi connectivity index (χ2v) is 3.64. The van der Waals surface area contributed by atoms with E-state index < -0.39 is 4.75 Å². The molecule has 0 aromatic rings. The monoisotopic (exact) mass is 175 g/mol. The van der Waals surface area contributed by atoms with Gasteiger partial charge in [0.15, 0.2) is 0 Å². The van der Waals surface area contributed by atoms with Crippen molar-refractivity contribution in [1.29, 1.82) is 0 Å². The van der Waals surface area contributed by atoms with Gasteiger partial charge in [0.25, 0.3) is 0 Å². The van der Waals surface area contributed by atoms with Crippen LogP contribution in [0.4, 0.5) is 0 Å². The first kappa shape index (κ1) is 8.87. The molecular formula is C7H13NO2S. The predicted octanol–water partition coefficient (Wildman–Crippen LogP) is 0.211. The smallest absolute Gasteiger partial charge is 0.236 e. The summed E-state index contributed by atoms with van der Waals surface area (Å²) in [6, 6.07) is 0. The number of hydrogen-bond donors (Lipinski definition) is 2. The Bertz CT molecular complexity index is 163. The molecule has 3 nitrogen and oxygen atoms in total. The maximum absolute atomic E-state index is 11.2. The van der Waals surface area contributed by atoms with E-state index in [1.165, 1.54) is 0 Å². The van der Waals surface area contributed by atoms with Gasteiger partial charge in [-0.1, -0.05) is 0 Å². The Hall–Kier alpha value is -0.220. The molecule has 0 radical (unpaired) electrons. The van der Waals surface area contributed by atoms with Crippen molar-refractivity contribution in [1.82, 2.24) is 5.32 Å². The summed E-state index contributed by atoms with van der Waals surface area (Å²) in [5, 5.41) is 2.75. The van der Waals surface area contributed by atoms with Gasteiger partial charge in [-0.05, 0) is 12.8 Å². The van der Waals surface area contributed by atoms with Crippen LogP contribution in [0.15, 0.2) is 0 Å². The highest BCUT2D eigenvalue weighted by atomic mass is 32.1. The van der Waals surface area contributed by atoms with Gasteiger partial charge >= 0.3 is 0 Å². The number of nitrogens with one attached hydrogen (secondary N) is 1. The average molecular weight is 175 g/mol. The van der Waals surface area contributed by atoms with Crippen molar-refractivity contribution in [3.8, 4) is 0 Å². The Balaban J connectivity index is 2.44. The third-order valence-corrected chi connectivity index (χ3v) is 2.62. The number of rotatable bonds is 3. The number of amides is 1. The van der Waals surface area contributed by atoms with Gasteiger partial charge in [-0.2, -0.15) is 12.6 Å². The molecule has 1 saturated heterocycles. The Morgan fingerprint density at radius 1 is 1.82 bits per heavy atom. The lowest BCUT2D eigenvalue weighted by Crippen LogP contribution is -2.33. The van der Waals surface area contributed by atoms with Crippen LogP contribution in [0.5, 0.6) is 0 Å². The highest BCUT2D eigenvalue weighted by Gasteiger charge is 2.38. The van der Waals surface area contributed by atoms with E-state index >= 15 is 0 Å². The fraction of sp³-hybridized carbons (Fsp3) is 0.857. The van der Waals surface area contributed by atoms with Gasteiger partial charge in [-0.3, -0.25) is 4.79 Å². The molecule has 4 heteroatoms. The van der Waals surface area contributed by atoms with Gasteiger partial charge in [0.05, 0.1) is 4.75 Å². The molecule has 1 aliphatic heterocycles. The highest BCUT2D eigenvalue weighted by molar-refractivity contribution is 7.82. The van der Waals surface area contributed by atoms with Gasteiger partial charge in [0.2, 0.25) is 5.91 Å². The predicted molar refractivity (Wildman–Crippen MR) is 45.8 cm³/mol. The molecule has 0 aromatic heterocycles. The molecule has 1 amide bonds.